The third kappa shape index (κ3) is 6.50. The van der Waals surface area contributed by atoms with Crippen LogP contribution in [0.25, 0.3) is 0 Å². The maximum atomic E-state index is 12.8. The zero-order valence-electron chi connectivity index (χ0n) is 20.6. The Morgan fingerprint density at radius 2 is 1.58 bits per heavy atom. The fraction of sp³-hybridized carbons (Fsp3) is 0.160. The van der Waals surface area contributed by atoms with Crippen LogP contribution in [-0.4, -0.2) is 45.6 Å². The Morgan fingerprint density at radius 3 is 2.24 bits per heavy atom. The summed E-state index contributed by atoms with van der Waals surface area (Å²) in [6, 6.07) is 17.0. The number of hydrogen-bond donors (Lipinski definition) is 2. The molecule has 0 spiro atoms. The van der Waals surface area contributed by atoms with Crippen molar-refractivity contribution in [1.82, 2.24) is 9.97 Å². The molecule has 13 heteroatoms. The van der Waals surface area contributed by atoms with Gasteiger partial charge in [-0.25, -0.2) is 8.42 Å². The number of nitrogens with one attached hydrogen (secondary N) is 2. The average Bonchev–Trinajstić information content (AvgIpc) is 3.41. The molecule has 2 aromatic carbocycles. The first-order chi connectivity index (χ1) is 18.3. The van der Waals surface area contributed by atoms with E-state index in [4.69, 9.17) is 23.4 Å². The van der Waals surface area contributed by atoms with E-state index in [0.29, 0.717) is 22.9 Å². The number of furan rings is 1. The number of aromatic nitrogens is 2. The molecule has 38 heavy (non-hydrogen) atoms. The molecule has 0 radical (unpaired) electrons. The zero-order chi connectivity index (χ0) is 27.1. The summed E-state index contributed by atoms with van der Waals surface area (Å²) in [6.07, 6.45) is 0. The molecule has 2 heterocycles. The Morgan fingerprint density at radius 1 is 0.868 bits per heavy atom. The number of ether oxygens (including phenoxy) is 4. The van der Waals surface area contributed by atoms with Gasteiger partial charge in [-0.2, -0.15) is 9.97 Å². The van der Waals surface area contributed by atoms with E-state index in [9.17, 15) is 13.2 Å². The summed E-state index contributed by atoms with van der Waals surface area (Å²) in [5.74, 6) is 1.45. The average molecular weight is 541 g/mol. The van der Waals surface area contributed by atoms with Gasteiger partial charge in [0.25, 0.3) is 15.9 Å². The first-order valence-electron chi connectivity index (χ1n) is 11.1. The fourth-order valence-corrected chi connectivity index (χ4v) is 4.15. The van der Waals surface area contributed by atoms with Crippen molar-refractivity contribution >= 4 is 27.4 Å². The van der Waals surface area contributed by atoms with Crippen molar-refractivity contribution in [2.45, 2.75) is 11.5 Å². The van der Waals surface area contributed by atoms with Crippen molar-refractivity contribution < 1.29 is 36.6 Å². The van der Waals surface area contributed by atoms with Gasteiger partial charge in [-0.15, -0.1) is 0 Å². The summed E-state index contributed by atoms with van der Waals surface area (Å²) < 4.78 is 54.2. The van der Waals surface area contributed by atoms with Gasteiger partial charge >= 0.3 is 6.01 Å². The van der Waals surface area contributed by atoms with Gasteiger partial charge in [0.1, 0.15) is 23.9 Å². The van der Waals surface area contributed by atoms with Crippen LogP contribution >= 0.6 is 0 Å². The van der Waals surface area contributed by atoms with Gasteiger partial charge in [-0.3, -0.25) is 9.52 Å². The van der Waals surface area contributed by atoms with Crippen molar-refractivity contribution in [3.8, 4) is 23.4 Å². The number of benzene rings is 2. The monoisotopic (exact) mass is 540 g/mol. The van der Waals surface area contributed by atoms with Crippen molar-refractivity contribution in [2.75, 3.05) is 31.4 Å². The van der Waals surface area contributed by atoms with Crippen molar-refractivity contribution in [3.05, 3.63) is 78.3 Å². The van der Waals surface area contributed by atoms with Crippen LogP contribution in [0.2, 0.25) is 0 Å². The Hall–Kier alpha value is -4.78. The number of sulfonamides is 1. The number of rotatable bonds is 11. The molecule has 12 nitrogen and oxygen atoms in total. The van der Waals surface area contributed by atoms with Crippen molar-refractivity contribution in [2.24, 2.45) is 0 Å². The molecular formula is C25H24N4O8S. The van der Waals surface area contributed by atoms with Gasteiger partial charge in [-0.05, 0) is 60.7 Å². The van der Waals surface area contributed by atoms with E-state index < -0.39 is 15.9 Å². The van der Waals surface area contributed by atoms with Crippen LogP contribution in [0.3, 0.4) is 0 Å². The van der Waals surface area contributed by atoms with E-state index in [1.807, 2.05) is 0 Å². The molecule has 1 amide bonds. The predicted octanol–water partition coefficient (Wildman–Crippen LogP) is 3.73. The summed E-state index contributed by atoms with van der Waals surface area (Å²) in [6.45, 7) is 0.128. The number of carbonyl (C=O) groups excluding carboxylic acids is 1. The maximum absolute atomic E-state index is 12.8. The summed E-state index contributed by atoms with van der Waals surface area (Å²) in [5, 5.41) is 2.66. The highest BCUT2D eigenvalue weighted by molar-refractivity contribution is 7.92. The fourth-order valence-electron chi connectivity index (χ4n) is 3.16. The third-order valence-corrected chi connectivity index (χ3v) is 6.43. The summed E-state index contributed by atoms with van der Waals surface area (Å²) >= 11 is 0. The van der Waals surface area contributed by atoms with Crippen molar-refractivity contribution in [3.63, 3.8) is 0 Å². The van der Waals surface area contributed by atoms with E-state index in [-0.39, 0.29) is 35.0 Å². The Kier molecular flexibility index (Phi) is 7.97. The molecule has 0 aliphatic rings. The van der Waals surface area contributed by atoms with Crippen molar-refractivity contribution in [1.29, 1.82) is 0 Å². The number of methoxy groups -OCH3 is 3. The molecule has 0 saturated carbocycles. The van der Waals surface area contributed by atoms with E-state index in [0.717, 1.165) is 0 Å². The van der Waals surface area contributed by atoms with Gasteiger partial charge in [0.15, 0.2) is 11.6 Å². The third-order valence-electron chi connectivity index (χ3n) is 5.06. The zero-order valence-corrected chi connectivity index (χ0v) is 21.4. The van der Waals surface area contributed by atoms with Gasteiger partial charge in [0.05, 0.1) is 26.2 Å². The number of carbonyl (C=O) groups is 1. The topological polar surface area (TPSA) is 151 Å². The number of amides is 1. The van der Waals surface area contributed by atoms with Gasteiger partial charge < -0.3 is 28.7 Å². The first-order valence-corrected chi connectivity index (χ1v) is 12.5. The number of hydrogen-bond acceptors (Lipinski definition) is 10. The van der Waals surface area contributed by atoms with E-state index in [1.165, 1.54) is 50.6 Å². The lowest BCUT2D eigenvalue weighted by atomic mass is 10.3. The van der Waals surface area contributed by atoms with Crippen LogP contribution in [0.5, 0.6) is 23.4 Å². The molecule has 0 aliphatic carbocycles. The second-order valence-corrected chi connectivity index (χ2v) is 9.28. The van der Waals surface area contributed by atoms with Gasteiger partial charge in [-0.1, -0.05) is 0 Å². The molecule has 0 unspecified atom stereocenters. The molecule has 2 aromatic heterocycles. The normalized spacial score (nSPS) is 10.9. The van der Waals surface area contributed by atoms with Crippen LogP contribution in [0.15, 0.2) is 76.0 Å². The van der Waals surface area contributed by atoms with Crippen LogP contribution in [-0.2, 0) is 16.6 Å². The molecule has 0 fully saturated rings. The molecule has 0 bridgehead atoms. The standard InChI is InChI=1S/C25H24N4O8S/c1-33-17-6-8-18(9-7-17)36-15-19-10-13-21(37-19)24(30)26-16-4-11-20(12-5-16)38(31,32)29-22-14-23(34-2)28-25(27-22)35-3/h4-14H,15H2,1-3H3,(H,26,30)(H,27,28,29). The smallest absolute Gasteiger partial charge is 0.321 e. The molecule has 0 aliphatic heterocycles. The lowest BCUT2D eigenvalue weighted by molar-refractivity contribution is 0.0992. The summed E-state index contributed by atoms with van der Waals surface area (Å²) in [4.78, 5) is 20.4. The largest absolute Gasteiger partial charge is 0.497 e. The molecule has 4 aromatic rings. The highest BCUT2D eigenvalue weighted by Crippen LogP contribution is 2.22. The summed E-state index contributed by atoms with van der Waals surface area (Å²) in [7, 11) is 0.315. The highest BCUT2D eigenvalue weighted by Gasteiger charge is 2.18. The number of anilines is 2. The minimum Gasteiger partial charge on any atom is -0.497 e. The van der Waals surface area contributed by atoms with Crippen LogP contribution < -0.4 is 29.0 Å². The van der Waals surface area contributed by atoms with E-state index in [2.05, 4.69) is 20.0 Å². The lowest BCUT2D eigenvalue weighted by Gasteiger charge is -2.10. The molecule has 198 valence electrons. The molecule has 0 saturated heterocycles. The predicted molar refractivity (Wildman–Crippen MR) is 136 cm³/mol. The SMILES string of the molecule is COc1ccc(OCc2ccc(C(=O)Nc3ccc(S(=O)(=O)Nc4cc(OC)nc(OC)n4)cc3)o2)cc1. The second-order valence-electron chi connectivity index (χ2n) is 7.60. The lowest BCUT2D eigenvalue weighted by Crippen LogP contribution is -2.15. The van der Waals surface area contributed by atoms with E-state index >= 15 is 0 Å². The molecule has 0 atom stereocenters. The minimum absolute atomic E-state index is 0.0318. The Bertz CT molecular complexity index is 1480. The highest BCUT2D eigenvalue weighted by atomic mass is 32.2. The van der Waals surface area contributed by atoms with Gasteiger partial charge in [0.2, 0.25) is 5.88 Å². The van der Waals surface area contributed by atoms with Gasteiger partial charge in [0, 0.05) is 11.8 Å². The molecule has 2 N–H and O–H groups in total. The van der Waals surface area contributed by atoms with E-state index in [1.54, 1.807) is 37.4 Å². The van der Waals surface area contributed by atoms with Crippen LogP contribution in [0, 0.1) is 0 Å². The van der Waals surface area contributed by atoms with Crippen LogP contribution in [0.1, 0.15) is 16.3 Å². The Labute approximate surface area is 218 Å². The quantitative estimate of drug-likeness (QED) is 0.288. The molecule has 4 rings (SSSR count). The minimum atomic E-state index is -3.99. The Balaban J connectivity index is 1.36. The maximum Gasteiger partial charge on any atom is 0.321 e. The number of nitrogens with zero attached hydrogens (tertiary/aromatic N) is 2. The second kappa shape index (κ2) is 11.5. The summed E-state index contributed by atoms with van der Waals surface area (Å²) in [5.41, 5.74) is 0.367. The first kappa shape index (κ1) is 26.3. The molecular weight excluding hydrogens is 516 g/mol. The van der Waals surface area contributed by atoms with Crippen LogP contribution in [0.4, 0.5) is 11.5 Å².